The molecular weight excluding hydrogens is 250 g/mol. The monoisotopic (exact) mass is 273 g/mol. The van der Waals surface area contributed by atoms with Crippen LogP contribution in [0.2, 0.25) is 0 Å². The molecule has 108 valence electrons. The SMILES string of the molecule is COc1cccc2c1nc(N)n2CCCC1CCCC1. The molecule has 20 heavy (non-hydrogen) atoms. The van der Waals surface area contributed by atoms with E-state index in [0.717, 1.165) is 29.2 Å². The summed E-state index contributed by atoms with van der Waals surface area (Å²) in [5.41, 5.74) is 8.01. The molecule has 0 radical (unpaired) electrons. The van der Waals surface area contributed by atoms with Crippen LogP contribution in [0.3, 0.4) is 0 Å². The molecule has 0 atom stereocenters. The molecule has 0 saturated heterocycles. The molecule has 2 N–H and O–H groups in total. The maximum absolute atomic E-state index is 6.07. The molecule has 0 bridgehead atoms. The van der Waals surface area contributed by atoms with E-state index in [1.807, 2.05) is 12.1 Å². The highest BCUT2D eigenvalue weighted by atomic mass is 16.5. The first-order valence-corrected chi connectivity index (χ1v) is 7.58. The van der Waals surface area contributed by atoms with Crippen LogP contribution in [0.5, 0.6) is 5.75 Å². The van der Waals surface area contributed by atoms with Gasteiger partial charge in [-0.3, -0.25) is 0 Å². The minimum absolute atomic E-state index is 0.593. The molecule has 3 rings (SSSR count). The second-order valence-corrected chi connectivity index (χ2v) is 5.74. The Morgan fingerprint density at radius 2 is 2.15 bits per heavy atom. The Bertz CT molecular complexity index is 585. The first kappa shape index (κ1) is 13.3. The van der Waals surface area contributed by atoms with E-state index in [4.69, 9.17) is 10.5 Å². The molecule has 1 aliphatic carbocycles. The summed E-state index contributed by atoms with van der Waals surface area (Å²) in [5.74, 6) is 2.32. The number of para-hydroxylation sites is 1. The van der Waals surface area contributed by atoms with Crippen molar-refractivity contribution in [3.63, 3.8) is 0 Å². The molecule has 1 fully saturated rings. The predicted molar refractivity (Wildman–Crippen MR) is 81.9 cm³/mol. The predicted octanol–water partition coefficient (Wildman–Crippen LogP) is 3.60. The maximum Gasteiger partial charge on any atom is 0.201 e. The van der Waals surface area contributed by atoms with E-state index in [1.165, 1.54) is 38.5 Å². The Morgan fingerprint density at radius 1 is 1.35 bits per heavy atom. The smallest absolute Gasteiger partial charge is 0.201 e. The van der Waals surface area contributed by atoms with Crippen molar-refractivity contribution in [2.24, 2.45) is 5.92 Å². The Hall–Kier alpha value is -1.71. The van der Waals surface area contributed by atoms with Crippen molar-refractivity contribution in [2.45, 2.75) is 45.1 Å². The normalized spacial score (nSPS) is 16.1. The van der Waals surface area contributed by atoms with Gasteiger partial charge >= 0.3 is 0 Å². The Morgan fingerprint density at radius 3 is 2.90 bits per heavy atom. The lowest BCUT2D eigenvalue weighted by Gasteiger charge is -2.10. The zero-order valence-electron chi connectivity index (χ0n) is 12.1. The summed E-state index contributed by atoms with van der Waals surface area (Å²) in [6.07, 6.45) is 8.14. The van der Waals surface area contributed by atoms with Gasteiger partial charge in [-0.25, -0.2) is 4.98 Å². The van der Waals surface area contributed by atoms with Crippen LogP contribution >= 0.6 is 0 Å². The molecule has 1 aromatic carbocycles. The number of fused-ring (bicyclic) bond motifs is 1. The number of imidazole rings is 1. The topological polar surface area (TPSA) is 53.1 Å². The average Bonchev–Trinajstić information content (AvgIpc) is 3.07. The Balaban J connectivity index is 1.75. The van der Waals surface area contributed by atoms with E-state index in [9.17, 15) is 0 Å². The number of anilines is 1. The van der Waals surface area contributed by atoms with Crippen molar-refractivity contribution in [1.82, 2.24) is 9.55 Å². The first-order chi connectivity index (χ1) is 9.79. The van der Waals surface area contributed by atoms with Crippen molar-refractivity contribution in [3.8, 4) is 5.75 Å². The van der Waals surface area contributed by atoms with Crippen molar-refractivity contribution in [1.29, 1.82) is 0 Å². The molecule has 1 heterocycles. The second-order valence-electron chi connectivity index (χ2n) is 5.74. The molecule has 2 aromatic rings. The first-order valence-electron chi connectivity index (χ1n) is 7.58. The van der Waals surface area contributed by atoms with Gasteiger partial charge in [-0.05, 0) is 30.9 Å². The number of rotatable bonds is 5. The fourth-order valence-electron chi connectivity index (χ4n) is 3.38. The Kier molecular flexibility index (Phi) is 3.81. The lowest BCUT2D eigenvalue weighted by atomic mass is 10.0. The highest BCUT2D eigenvalue weighted by molar-refractivity contribution is 5.84. The largest absolute Gasteiger partial charge is 0.494 e. The Labute approximate surface area is 119 Å². The van der Waals surface area contributed by atoms with Gasteiger partial charge < -0.3 is 15.0 Å². The highest BCUT2D eigenvalue weighted by Gasteiger charge is 2.16. The van der Waals surface area contributed by atoms with E-state index in [2.05, 4.69) is 15.6 Å². The van der Waals surface area contributed by atoms with Gasteiger partial charge in [-0.15, -0.1) is 0 Å². The van der Waals surface area contributed by atoms with Gasteiger partial charge in [-0.2, -0.15) is 0 Å². The molecule has 0 spiro atoms. The number of aryl methyl sites for hydroxylation is 1. The zero-order valence-corrected chi connectivity index (χ0v) is 12.1. The molecular formula is C16H23N3O. The number of aromatic nitrogens is 2. The van der Waals surface area contributed by atoms with Crippen LogP contribution in [0.15, 0.2) is 18.2 Å². The van der Waals surface area contributed by atoms with E-state index in [0.29, 0.717) is 5.95 Å². The second kappa shape index (κ2) is 5.73. The van der Waals surface area contributed by atoms with Crippen molar-refractivity contribution in [2.75, 3.05) is 12.8 Å². The molecule has 0 amide bonds. The van der Waals surface area contributed by atoms with Gasteiger partial charge in [0.05, 0.1) is 12.6 Å². The summed E-state index contributed by atoms with van der Waals surface area (Å²) < 4.78 is 7.47. The van der Waals surface area contributed by atoms with Crippen LogP contribution in [0.25, 0.3) is 11.0 Å². The van der Waals surface area contributed by atoms with Gasteiger partial charge in [0, 0.05) is 6.54 Å². The van der Waals surface area contributed by atoms with Crippen molar-refractivity contribution < 1.29 is 4.74 Å². The fourth-order valence-corrected chi connectivity index (χ4v) is 3.38. The molecule has 0 unspecified atom stereocenters. The maximum atomic E-state index is 6.07. The molecule has 1 aromatic heterocycles. The van der Waals surface area contributed by atoms with E-state index >= 15 is 0 Å². The van der Waals surface area contributed by atoms with Gasteiger partial charge in [0.15, 0.2) is 0 Å². The van der Waals surface area contributed by atoms with Crippen molar-refractivity contribution in [3.05, 3.63) is 18.2 Å². The fraction of sp³-hybridized carbons (Fsp3) is 0.562. The number of nitrogens with two attached hydrogens (primary N) is 1. The van der Waals surface area contributed by atoms with Crippen LogP contribution < -0.4 is 10.5 Å². The van der Waals surface area contributed by atoms with Crippen LogP contribution in [-0.4, -0.2) is 16.7 Å². The zero-order chi connectivity index (χ0) is 13.9. The average molecular weight is 273 g/mol. The van der Waals surface area contributed by atoms with Crippen molar-refractivity contribution >= 4 is 17.0 Å². The van der Waals surface area contributed by atoms with Gasteiger partial charge in [0.2, 0.25) is 5.95 Å². The van der Waals surface area contributed by atoms with E-state index in [-0.39, 0.29) is 0 Å². The molecule has 4 nitrogen and oxygen atoms in total. The summed E-state index contributed by atoms with van der Waals surface area (Å²) in [5, 5.41) is 0. The lowest BCUT2D eigenvalue weighted by molar-refractivity contribution is 0.419. The number of nitrogen functional groups attached to an aromatic ring is 1. The number of benzene rings is 1. The third-order valence-corrected chi connectivity index (χ3v) is 4.46. The minimum Gasteiger partial charge on any atom is -0.494 e. The van der Waals surface area contributed by atoms with E-state index < -0.39 is 0 Å². The third-order valence-electron chi connectivity index (χ3n) is 4.46. The number of hydrogen-bond acceptors (Lipinski definition) is 3. The molecule has 1 saturated carbocycles. The number of methoxy groups -OCH3 is 1. The molecule has 4 heteroatoms. The number of hydrogen-bond donors (Lipinski definition) is 1. The van der Waals surface area contributed by atoms with Gasteiger partial charge in [0.1, 0.15) is 11.3 Å². The van der Waals surface area contributed by atoms with E-state index in [1.54, 1.807) is 7.11 Å². The summed E-state index contributed by atoms with van der Waals surface area (Å²) >= 11 is 0. The van der Waals surface area contributed by atoms with Gasteiger partial charge in [0.25, 0.3) is 0 Å². The highest BCUT2D eigenvalue weighted by Crippen LogP contribution is 2.30. The van der Waals surface area contributed by atoms with Crippen LogP contribution in [0.1, 0.15) is 38.5 Å². The van der Waals surface area contributed by atoms with Gasteiger partial charge in [-0.1, -0.05) is 31.7 Å². The summed E-state index contributed by atoms with van der Waals surface area (Å²) in [6, 6.07) is 5.99. The number of ether oxygens (including phenoxy) is 1. The summed E-state index contributed by atoms with van der Waals surface area (Å²) in [7, 11) is 1.67. The number of nitrogens with zero attached hydrogens (tertiary/aromatic N) is 2. The molecule has 1 aliphatic rings. The third kappa shape index (κ3) is 2.47. The van der Waals surface area contributed by atoms with Crippen LogP contribution in [0, 0.1) is 5.92 Å². The summed E-state index contributed by atoms with van der Waals surface area (Å²) in [6.45, 7) is 0.950. The summed E-state index contributed by atoms with van der Waals surface area (Å²) in [4.78, 5) is 4.45. The lowest BCUT2D eigenvalue weighted by Crippen LogP contribution is -2.05. The minimum atomic E-state index is 0.593. The molecule has 0 aliphatic heterocycles. The standard InChI is InChI=1S/C16H23N3O/c1-20-14-10-4-9-13-15(14)18-16(17)19(13)11-5-8-12-6-2-3-7-12/h4,9-10,12H,2-3,5-8,11H2,1H3,(H2,17,18). The van der Waals surface area contributed by atoms with Crippen LogP contribution in [-0.2, 0) is 6.54 Å². The van der Waals surface area contributed by atoms with Crippen LogP contribution in [0.4, 0.5) is 5.95 Å². The quantitative estimate of drug-likeness (QED) is 0.905.